The summed E-state index contributed by atoms with van der Waals surface area (Å²) < 4.78 is 0. The lowest BCUT2D eigenvalue weighted by Crippen LogP contribution is -1.84. The van der Waals surface area contributed by atoms with Crippen LogP contribution in [0.5, 0.6) is 5.75 Å². The van der Waals surface area contributed by atoms with Crippen molar-refractivity contribution in [1.29, 1.82) is 0 Å². The molecule has 1 aromatic heterocycles. The maximum Gasteiger partial charge on any atom is 0.115 e. The van der Waals surface area contributed by atoms with Crippen LogP contribution in [0.1, 0.15) is 19.0 Å². The van der Waals surface area contributed by atoms with Crippen molar-refractivity contribution in [2.75, 3.05) is 0 Å². The summed E-state index contributed by atoms with van der Waals surface area (Å²) in [6, 6.07) is 14.7. The summed E-state index contributed by atoms with van der Waals surface area (Å²) in [6.07, 6.45) is 4.11. The van der Waals surface area contributed by atoms with Crippen LogP contribution in [-0.2, 0) is 6.42 Å². The van der Waals surface area contributed by atoms with Gasteiger partial charge in [0.1, 0.15) is 5.75 Å². The molecule has 0 bridgehead atoms. The predicted octanol–water partition coefficient (Wildman–Crippen LogP) is 3.43. The Bertz CT molecular complexity index is 372. The van der Waals surface area contributed by atoms with Gasteiger partial charge >= 0.3 is 0 Å². The molecule has 0 atom stereocenters. The Morgan fingerprint density at radius 2 is 1.69 bits per heavy atom. The lowest BCUT2D eigenvalue weighted by atomic mass is 10.2. The third-order valence-corrected chi connectivity index (χ3v) is 1.99. The van der Waals surface area contributed by atoms with Gasteiger partial charge in [-0.25, -0.2) is 0 Å². The monoisotopic (exact) mass is 215 g/mol. The highest BCUT2D eigenvalue weighted by atomic mass is 16.3. The van der Waals surface area contributed by atoms with Crippen molar-refractivity contribution in [3.05, 3.63) is 60.4 Å². The Labute approximate surface area is 96.6 Å². The van der Waals surface area contributed by atoms with Gasteiger partial charge in [0, 0.05) is 11.9 Å². The zero-order chi connectivity index (χ0) is 11.6. The van der Waals surface area contributed by atoms with E-state index >= 15 is 0 Å². The van der Waals surface area contributed by atoms with E-state index in [1.165, 1.54) is 12.1 Å². The maximum atomic E-state index is 8.63. The first kappa shape index (κ1) is 12.2. The summed E-state index contributed by atoms with van der Waals surface area (Å²) in [5, 5.41) is 8.63. The second kappa shape index (κ2) is 7.46. The number of para-hydroxylation sites is 1. The van der Waals surface area contributed by atoms with Crippen molar-refractivity contribution in [2.45, 2.75) is 19.8 Å². The number of aryl methyl sites for hydroxylation is 1. The first-order chi connectivity index (χ1) is 7.83. The topological polar surface area (TPSA) is 33.1 Å². The SMILES string of the molecule is CCCc1ccccn1.Oc1ccccc1. The summed E-state index contributed by atoms with van der Waals surface area (Å²) in [5.41, 5.74) is 1.19. The van der Waals surface area contributed by atoms with Crippen molar-refractivity contribution in [2.24, 2.45) is 0 Å². The average Bonchev–Trinajstić information content (AvgIpc) is 2.33. The average molecular weight is 215 g/mol. The van der Waals surface area contributed by atoms with Crippen molar-refractivity contribution in [3.8, 4) is 5.75 Å². The van der Waals surface area contributed by atoms with Crippen LogP contribution in [-0.4, -0.2) is 10.1 Å². The van der Waals surface area contributed by atoms with Gasteiger partial charge in [0.2, 0.25) is 0 Å². The standard InChI is InChI=1S/C8H11N.C6H6O/c1-2-5-8-6-3-4-7-9-8;7-6-4-2-1-3-5-6/h3-4,6-7H,2,5H2,1H3;1-5,7H. The van der Waals surface area contributed by atoms with Crippen molar-refractivity contribution >= 4 is 0 Å². The van der Waals surface area contributed by atoms with Crippen LogP contribution in [0.2, 0.25) is 0 Å². The number of benzene rings is 1. The highest BCUT2D eigenvalue weighted by Crippen LogP contribution is 2.02. The van der Waals surface area contributed by atoms with Gasteiger partial charge in [0.05, 0.1) is 0 Å². The van der Waals surface area contributed by atoms with Crippen LogP contribution in [0.3, 0.4) is 0 Å². The molecule has 84 valence electrons. The van der Waals surface area contributed by atoms with Crippen LogP contribution in [0.15, 0.2) is 54.7 Å². The molecular weight excluding hydrogens is 198 g/mol. The second-order valence-electron chi connectivity index (χ2n) is 3.41. The minimum atomic E-state index is 0.322. The minimum Gasteiger partial charge on any atom is -0.508 e. The number of hydrogen-bond acceptors (Lipinski definition) is 2. The number of phenols is 1. The fourth-order valence-corrected chi connectivity index (χ4v) is 1.23. The van der Waals surface area contributed by atoms with Crippen LogP contribution < -0.4 is 0 Å². The number of pyridine rings is 1. The van der Waals surface area contributed by atoms with Gasteiger partial charge in [-0.3, -0.25) is 4.98 Å². The number of hydrogen-bond donors (Lipinski definition) is 1. The first-order valence-electron chi connectivity index (χ1n) is 5.47. The number of phenolic OH excluding ortho intramolecular Hbond substituents is 1. The van der Waals surface area contributed by atoms with E-state index in [0.29, 0.717) is 5.75 Å². The first-order valence-corrected chi connectivity index (χ1v) is 5.47. The van der Waals surface area contributed by atoms with Crippen LogP contribution in [0.4, 0.5) is 0 Å². The minimum absolute atomic E-state index is 0.322. The lowest BCUT2D eigenvalue weighted by molar-refractivity contribution is 0.475. The molecule has 2 rings (SSSR count). The van der Waals surface area contributed by atoms with E-state index in [4.69, 9.17) is 5.11 Å². The molecule has 16 heavy (non-hydrogen) atoms. The Morgan fingerprint density at radius 1 is 1.00 bits per heavy atom. The molecule has 2 nitrogen and oxygen atoms in total. The van der Waals surface area contributed by atoms with E-state index in [9.17, 15) is 0 Å². The molecule has 0 spiro atoms. The Balaban J connectivity index is 0.000000165. The molecule has 2 heteroatoms. The van der Waals surface area contributed by atoms with E-state index in [-0.39, 0.29) is 0 Å². The molecule has 1 heterocycles. The van der Waals surface area contributed by atoms with Crippen LogP contribution in [0.25, 0.3) is 0 Å². The molecule has 2 aromatic rings. The summed E-state index contributed by atoms with van der Waals surface area (Å²) in [4.78, 5) is 4.17. The zero-order valence-electron chi connectivity index (χ0n) is 9.50. The van der Waals surface area contributed by atoms with Crippen LogP contribution in [0, 0.1) is 0 Å². The molecule has 0 unspecified atom stereocenters. The number of rotatable bonds is 2. The number of nitrogens with zero attached hydrogens (tertiary/aromatic N) is 1. The molecule has 0 aliphatic rings. The van der Waals surface area contributed by atoms with Gasteiger partial charge < -0.3 is 5.11 Å². The summed E-state index contributed by atoms with van der Waals surface area (Å²) >= 11 is 0. The Kier molecular flexibility index (Phi) is 5.71. The highest BCUT2D eigenvalue weighted by molar-refractivity contribution is 5.18. The fraction of sp³-hybridized carbons (Fsp3) is 0.214. The maximum absolute atomic E-state index is 8.63. The van der Waals surface area contributed by atoms with Crippen molar-refractivity contribution < 1.29 is 5.11 Å². The van der Waals surface area contributed by atoms with Gasteiger partial charge in [-0.15, -0.1) is 0 Å². The largest absolute Gasteiger partial charge is 0.508 e. The predicted molar refractivity (Wildman–Crippen MR) is 66.3 cm³/mol. The second-order valence-corrected chi connectivity index (χ2v) is 3.41. The van der Waals surface area contributed by atoms with E-state index < -0.39 is 0 Å². The van der Waals surface area contributed by atoms with Crippen molar-refractivity contribution in [1.82, 2.24) is 4.98 Å². The molecule has 0 saturated heterocycles. The van der Waals surface area contributed by atoms with Gasteiger partial charge in [0.25, 0.3) is 0 Å². The molecule has 0 radical (unpaired) electrons. The van der Waals surface area contributed by atoms with Gasteiger partial charge in [-0.2, -0.15) is 0 Å². The smallest absolute Gasteiger partial charge is 0.115 e. The molecule has 0 aliphatic heterocycles. The Hall–Kier alpha value is -1.83. The van der Waals surface area contributed by atoms with E-state index in [0.717, 1.165) is 6.42 Å². The summed E-state index contributed by atoms with van der Waals surface area (Å²) in [5.74, 6) is 0.322. The number of aromatic hydroxyl groups is 1. The van der Waals surface area contributed by atoms with Gasteiger partial charge in [-0.05, 0) is 30.7 Å². The molecule has 0 saturated carbocycles. The lowest BCUT2D eigenvalue weighted by Gasteiger charge is -1.92. The highest BCUT2D eigenvalue weighted by Gasteiger charge is 1.86. The third-order valence-electron chi connectivity index (χ3n) is 1.99. The molecular formula is C14H17NO. The van der Waals surface area contributed by atoms with Gasteiger partial charge in [-0.1, -0.05) is 37.6 Å². The normalized spacial score (nSPS) is 9.06. The fourth-order valence-electron chi connectivity index (χ4n) is 1.23. The Morgan fingerprint density at radius 3 is 2.12 bits per heavy atom. The summed E-state index contributed by atoms with van der Waals surface area (Å²) in [7, 11) is 0. The molecule has 1 aromatic carbocycles. The quantitative estimate of drug-likeness (QED) is 0.832. The summed E-state index contributed by atoms with van der Waals surface area (Å²) in [6.45, 7) is 2.16. The van der Waals surface area contributed by atoms with E-state index in [2.05, 4.69) is 18.0 Å². The van der Waals surface area contributed by atoms with E-state index in [1.807, 2.05) is 24.4 Å². The van der Waals surface area contributed by atoms with Gasteiger partial charge in [0.15, 0.2) is 0 Å². The zero-order valence-corrected chi connectivity index (χ0v) is 9.50. The van der Waals surface area contributed by atoms with E-state index in [1.54, 1.807) is 24.3 Å². The van der Waals surface area contributed by atoms with Crippen molar-refractivity contribution in [3.63, 3.8) is 0 Å². The molecule has 0 fully saturated rings. The molecule has 0 amide bonds. The third kappa shape index (κ3) is 5.15. The molecule has 0 aliphatic carbocycles. The van der Waals surface area contributed by atoms with Crippen LogP contribution >= 0.6 is 0 Å². The molecule has 1 N–H and O–H groups in total. The number of aromatic nitrogens is 1.